The number of rotatable bonds is 5. The molecule has 0 atom stereocenters. The second-order valence-corrected chi connectivity index (χ2v) is 7.62. The average molecular weight is 387 g/mol. The van der Waals surface area contributed by atoms with E-state index < -0.39 is 0 Å². The van der Waals surface area contributed by atoms with Gasteiger partial charge in [0.15, 0.2) is 5.82 Å². The van der Waals surface area contributed by atoms with E-state index in [4.69, 9.17) is 11.6 Å². The van der Waals surface area contributed by atoms with Crippen LogP contribution in [0.25, 0.3) is 34.1 Å². The first kappa shape index (κ1) is 18.9. The largest absolute Gasteiger partial charge is 0.382 e. The number of nitrogens with zero attached hydrogens (tertiary/aromatic N) is 4. The van der Waals surface area contributed by atoms with Crippen LogP contribution in [0.3, 0.4) is 0 Å². The molecule has 3 aromatic heterocycles. The lowest BCUT2D eigenvalue weighted by atomic mass is 9.94. The monoisotopic (exact) mass is 386 g/mol. The van der Waals surface area contributed by atoms with Gasteiger partial charge in [-0.2, -0.15) is 0 Å². The number of hydrogen-bond donors (Lipinski definition) is 2. The van der Waals surface area contributed by atoms with Gasteiger partial charge in [0.2, 0.25) is 0 Å². The van der Waals surface area contributed by atoms with E-state index in [1.807, 2.05) is 24.4 Å². The molecule has 0 unspecified atom stereocenters. The number of aromatic nitrogens is 4. The molecule has 4 N–H and O–H groups in total. The number of nitrogen functional groups attached to an aromatic ring is 2. The molecule has 3 heterocycles. The van der Waals surface area contributed by atoms with Crippen LogP contribution in [0.5, 0.6) is 0 Å². The normalized spacial score (nSPS) is 12.0. The maximum Gasteiger partial charge on any atom is 0.152 e. The van der Waals surface area contributed by atoms with Crippen molar-refractivity contribution in [2.24, 2.45) is 0 Å². The summed E-state index contributed by atoms with van der Waals surface area (Å²) in [5.41, 5.74) is 11.9. The lowest BCUT2D eigenvalue weighted by molar-refractivity contribution is 0.801. The second kappa shape index (κ2) is 7.54. The van der Waals surface area contributed by atoms with Gasteiger partial charge in [-0.05, 0) is 41.2 Å². The van der Waals surface area contributed by atoms with Crippen LogP contribution in [0.4, 0.5) is 5.82 Å². The molecular weight excluding hydrogens is 360 g/mol. The summed E-state index contributed by atoms with van der Waals surface area (Å²) in [5.74, 6) is 7.99. The number of nitrogens with two attached hydrogens (primary N) is 2. The first-order valence-electron chi connectivity index (χ1n) is 9.97. The smallest absolute Gasteiger partial charge is 0.152 e. The number of fused-ring (bicyclic) bond motifs is 3. The van der Waals surface area contributed by atoms with Crippen molar-refractivity contribution in [1.29, 1.82) is 0 Å². The number of aryl methyl sites for hydroxylation is 1. The molecule has 0 amide bonds. The van der Waals surface area contributed by atoms with Gasteiger partial charge < -0.3 is 11.6 Å². The zero-order chi connectivity index (χ0) is 20.5. The van der Waals surface area contributed by atoms with Gasteiger partial charge in [-0.15, -0.1) is 0 Å². The van der Waals surface area contributed by atoms with Crippen LogP contribution in [-0.4, -0.2) is 19.6 Å². The van der Waals surface area contributed by atoms with Gasteiger partial charge in [-0.3, -0.25) is 4.98 Å². The number of imidazole rings is 1. The Hall–Kier alpha value is -3.41. The quantitative estimate of drug-likeness (QED) is 0.492. The Morgan fingerprint density at radius 2 is 1.93 bits per heavy atom. The first-order valence-corrected chi connectivity index (χ1v) is 9.97. The molecule has 0 aliphatic rings. The second-order valence-electron chi connectivity index (χ2n) is 7.62. The Morgan fingerprint density at radius 1 is 1.14 bits per heavy atom. The molecule has 148 valence electrons. The maximum atomic E-state index is 6.45. The predicted molar refractivity (Wildman–Crippen MR) is 121 cm³/mol. The van der Waals surface area contributed by atoms with Gasteiger partial charge in [0.25, 0.3) is 0 Å². The molecular formula is C23H26N6. The molecule has 0 saturated heterocycles. The SMILES string of the molecule is CCCc1nc2c(N)nc3cc(C=Cc4cccnc4)cc(C(C)C)c3c2n1N. The van der Waals surface area contributed by atoms with Crippen LogP contribution < -0.4 is 11.6 Å². The van der Waals surface area contributed by atoms with E-state index in [2.05, 4.69) is 53.9 Å². The Bertz CT molecular complexity index is 1200. The molecule has 0 bridgehead atoms. The Balaban J connectivity index is 1.96. The molecule has 6 nitrogen and oxygen atoms in total. The summed E-state index contributed by atoms with van der Waals surface area (Å²) < 4.78 is 1.69. The van der Waals surface area contributed by atoms with Crippen LogP contribution in [0.1, 0.15) is 55.6 Å². The molecule has 0 spiro atoms. The van der Waals surface area contributed by atoms with E-state index in [9.17, 15) is 0 Å². The molecule has 1 aromatic carbocycles. The third kappa shape index (κ3) is 3.42. The summed E-state index contributed by atoms with van der Waals surface area (Å²) in [5, 5.41) is 1.03. The number of hydrogen-bond acceptors (Lipinski definition) is 5. The van der Waals surface area contributed by atoms with Crippen molar-refractivity contribution in [1.82, 2.24) is 19.6 Å². The van der Waals surface area contributed by atoms with Crippen LogP contribution in [0.15, 0.2) is 36.7 Å². The van der Waals surface area contributed by atoms with E-state index >= 15 is 0 Å². The van der Waals surface area contributed by atoms with Crippen LogP contribution in [0, 0.1) is 0 Å². The zero-order valence-corrected chi connectivity index (χ0v) is 17.1. The fourth-order valence-electron chi connectivity index (χ4n) is 3.72. The van der Waals surface area contributed by atoms with Crippen molar-refractivity contribution >= 4 is 39.9 Å². The van der Waals surface area contributed by atoms with Crippen LogP contribution in [-0.2, 0) is 6.42 Å². The summed E-state index contributed by atoms with van der Waals surface area (Å²) in [7, 11) is 0. The minimum atomic E-state index is 0.294. The molecule has 0 aliphatic heterocycles. The number of benzene rings is 1. The lowest BCUT2D eigenvalue weighted by Crippen LogP contribution is -2.13. The molecule has 6 heteroatoms. The molecule has 0 radical (unpaired) electrons. The van der Waals surface area contributed by atoms with E-state index in [0.717, 1.165) is 46.2 Å². The van der Waals surface area contributed by atoms with Gasteiger partial charge >= 0.3 is 0 Å². The third-order valence-corrected chi connectivity index (χ3v) is 5.12. The fourth-order valence-corrected chi connectivity index (χ4v) is 3.72. The fraction of sp³-hybridized carbons (Fsp3) is 0.261. The van der Waals surface area contributed by atoms with Crippen LogP contribution in [0.2, 0.25) is 0 Å². The van der Waals surface area contributed by atoms with E-state index in [1.165, 1.54) is 5.56 Å². The Labute approximate surface area is 170 Å². The van der Waals surface area contributed by atoms with Crippen molar-refractivity contribution in [3.63, 3.8) is 0 Å². The van der Waals surface area contributed by atoms with Crippen molar-refractivity contribution in [3.05, 3.63) is 59.2 Å². The highest BCUT2D eigenvalue weighted by atomic mass is 15.3. The summed E-state index contributed by atoms with van der Waals surface area (Å²) in [6, 6.07) is 8.20. The zero-order valence-electron chi connectivity index (χ0n) is 17.1. The molecule has 4 rings (SSSR count). The molecule has 29 heavy (non-hydrogen) atoms. The van der Waals surface area contributed by atoms with E-state index in [-0.39, 0.29) is 0 Å². The molecule has 4 aromatic rings. The summed E-state index contributed by atoms with van der Waals surface area (Å²) in [6.45, 7) is 6.46. The highest BCUT2D eigenvalue weighted by Gasteiger charge is 2.19. The Morgan fingerprint density at radius 3 is 2.62 bits per heavy atom. The highest BCUT2D eigenvalue weighted by molar-refractivity contribution is 6.09. The van der Waals surface area contributed by atoms with E-state index in [1.54, 1.807) is 10.9 Å². The minimum Gasteiger partial charge on any atom is -0.382 e. The summed E-state index contributed by atoms with van der Waals surface area (Å²) in [4.78, 5) is 13.5. The average Bonchev–Trinajstić information content (AvgIpc) is 3.04. The van der Waals surface area contributed by atoms with Crippen LogP contribution >= 0.6 is 0 Å². The van der Waals surface area contributed by atoms with Gasteiger partial charge in [-0.25, -0.2) is 14.6 Å². The highest BCUT2D eigenvalue weighted by Crippen LogP contribution is 2.34. The summed E-state index contributed by atoms with van der Waals surface area (Å²) >= 11 is 0. The van der Waals surface area contributed by atoms with Crippen molar-refractivity contribution in [2.45, 2.75) is 39.5 Å². The van der Waals surface area contributed by atoms with Crippen molar-refractivity contribution in [3.8, 4) is 0 Å². The minimum absolute atomic E-state index is 0.294. The first-order chi connectivity index (χ1) is 14.0. The number of pyridine rings is 2. The molecule has 0 fully saturated rings. The van der Waals surface area contributed by atoms with Gasteiger partial charge in [-0.1, -0.05) is 45.1 Å². The third-order valence-electron chi connectivity index (χ3n) is 5.12. The van der Waals surface area contributed by atoms with Gasteiger partial charge in [0.1, 0.15) is 16.9 Å². The number of anilines is 1. The topological polar surface area (TPSA) is 95.6 Å². The van der Waals surface area contributed by atoms with Gasteiger partial charge in [0.05, 0.1) is 5.52 Å². The maximum absolute atomic E-state index is 6.45. The molecule has 0 saturated carbocycles. The predicted octanol–water partition coefficient (Wildman–Crippen LogP) is 4.52. The van der Waals surface area contributed by atoms with Gasteiger partial charge in [0, 0.05) is 24.2 Å². The Kier molecular flexibility index (Phi) is 4.92. The molecule has 0 aliphatic carbocycles. The van der Waals surface area contributed by atoms with E-state index in [0.29, 0.717) is 17.3 Å². The standard InChI is InChI=1S/C23H26N6/c1-4-6-19-28-21-22(29(19)25)20-17(14(2)3)11-16(12-18(20)27-23(21)24)9-8-15-7-5-10-26-13-15/h5,7-14H,4,6,25H2,1-3H3,(H2,24,27). The van der Waals surface area contributed by atoms with Crippen molar-refractivity contribution in [2.75, 3.05) is 11.6 Å². The summed E-state index contributed by atoms with van der Waals surface area (Å²) in [6.07, 6.45) is 9.49. The van der Waals surface area contributed by atoms with Crippen molar-refractivity contribution < 1.29 is 0 Å². The lowest BCUT2D eigenvalue weighted by Gasteiger charge is -2.14.